The van der Waals surface area contributed by atoms with Gasteiger partial charge in [0, 0.05) is 0 Å². The molecule has 0 aromatic heterocycles. The molecule has 0 unspecified atom stereocenters. The molecule has 25 heavy (non-hydrogen) atoms. The van der Waals surface area contributed by atoms with Crippen molar-refractivity contribution in [2.24, 2.45) is 5.10 Å². The number of rotatable bonds is 6. The lowest BCUT2D eigenvalue weighted by molar-refractivity contribution is 0.355. The fraction of sp³-hybridized carbons (Fsp3) is 0.235. The number of nitrogens with one attached hydrogen (secondary N) is 1. The van der Waals surface area contributed by atoms with Crippen molar-refractivity contribution < 1.29 is 17.9 Å². The molecule has 0 fully saturated rings. The Hall–Kier alpha value is -2.25. The first-order valence-electron chi connectivity index (χ1n) is 7.32. The number of benzene rings is 2. The van der Waals surface area contributed by atoms with Crippen LogP contribution in [0.25, 0.3) is 0 Å². The normalized spacial score (nSPS) is 11.6. The summed E-state index contributed by atoms with van der Waals surface area (Å²) in [6.45, 7) is 3.55. The van der Waals surface area contributed by atoms with Crippen LogP contribution in [0.1, 0.15) is 16.7 Å². The number of ether oxygens (including phenoxy) is 2. The van der Waals surface area contributed by atoms with E-state index in [1.54, 1.807) is 31.2 Å². The SMILES string of the molecule is COc1cc(/C=N\NS(=O)(=O)c2cc(C)ccc2C)cc(Cl)c1OC. The smallest absolute Gasteiger partial charge is 0.276 e. The molecule has 0 aliphatic carbocycles. The third kappa shape index (κ3) is 4.43. The standard InChI is InChI=1S/C17H19ClN2O4S/c1-11-5-6-12(2)16(7-11)25(21,22)20-19-10-13-8-14(18)17(24-4)15(9-13)23-3/h5-10,20H,1-4H3/b19-10-. The van der Waals surface area contributed by atoms with Crippen LogP contribution in [-0.4, -0.2) is 28.9 Å². The fourth-order valence-corrected chi connectivity index (χ4v) is 3.65. The maximum absolute atomic E-state index is 12.4. The highest BCUT2D eigenvalue weighted by molar-refractivity contribution is 7.89. The Balaban J connectivity index is 2.26. The van der Waals surface area contributed by atoms with Crippen LogP contribution in [0.5, 0.6) is 11.5 Å². The molecule has 0 spiro atoms. The van der Waals surface area contributed by atoms with Crippen molar-refractivity contribution in [1.82, 2.24) is 4.83 Å². The average molecular weight is 383 g/mol. The lowest BCUT2D eigenvalue weighted by Crippen LogP contribution is -2.19. The molecule has 0 aliphatic heterocycles. The molecule has 0 bridgehead atoms. The number of nitrogens with zero attached hydrogens (tertiary/aromatic N) is 1. The Morgan fingerprint density at radius 2 is 1.84 bits per heavy atom. The number of halogens is 1. The van der Waals surface area contributed by atoms with Crippen LogP contribution in [0.3, 0.4) is 0 Å². The highest BCUT2D eigenvalue weighted by Gasteiger charge is 2.16. The van der Waals surface area contributed by atoms with E-state index in [4.69, 9.17) is 21.1 Å². The first-order chi connectivity index (χ1) is 11.8. The fourth-order valence-electron chi connectivity index (χ4n) is 2.23. The molecule has 0 radical (unpaired) electrons. The minimum atomic E-state index is -3.76. The van der Waals surface area contributed by atoms with Gasteiger partial charge in [0.05, 0.1) is 30.4 Å². The minimum Gasteiger partial charge on any atom is -0.493 e. The van der Waals surface area contributed by atoms with E-state index in [1.807, 2.05) is 13.0 Å². The molecule has 2 aromatic rings. The predicted octanol–water partition coefficient (Wildman–Crippen LogP) is 3.29. The molecule has 134 valence electrons. The molecule has 0 amide bonds. The van der Waals surface area contributed by atoms with E-state index in [-0.39, 0.29) is 4.90 Å². The average Bonchev–Trinajstić information content (AvgIpc) is 2.56. The van der Waals surface area contributed by atoms with Gasteiger partial charge in [-0.15, -0.1) is 0 Å². The molecule has 2 aromatic carbocycles. The van der Waals surface area contributed by atoms with Gasteiger partial charge in [-0.05, 0) is 48.7 Å². The molecular formula is C17H19ClN2O4S. The second-order valence-electron chi connectivity index (χ2n) is 5.36. The van der Waals surface area contributed by atoms with Gasteiger partial charge in [0.25, 0.3) is 10.0 Å². The van der Waals surface area contributed by atoms with E-state index < -0.39 is 10.0 Å². The molecule has 8 heteroatoms. The van der Waals surface area contributed by atoms with Gasteiger partial charge in [-0.1, -0.05) is 23.7 Å². The third-order valence-electron chi connectivity index (χ3n) is 3.48. The highest BCUT2D eigenvalue weighted by Crippen LogP contribution is 2.35. The zero-order valence-corrected chi connectivity index (χ0v) is 15.9. The van der Waals surface area contributed by atoms with E-state index in [0.717, 1.165) is 5.56 Å². The lowest BCUT2D eigenvalue weighted by atomic mass is 10.2. The second-order valence-corrected chi connectivity index (χ2v) is 7.40. The van der Waals surface area contributed by atoms with Crippen molar-refractivity contribution in [2.45, 2.75) is 18.7 Å². The van der Waals surface area contributed by atoms with Gasteiger partial charge in [-0.2, -0.15) is 13.5 Å². The van der Waals surface area contributed by atoms with Crippen LogP contribution in [-0.2, 0) is 10.0 Å². The van der Waals surface area contributed by atoms with E-state index in [0.29, 0.717) is 27.6 Å². The van der Waals surface area contributed by atoms with Gasteiger partial charge in [0.2, 0.25) is 0 Å². The van der Waals surface area contributed by atoms with Crippen LogP contribution in [0.15, 0.2) is 40.3 Å². The monoisotopic (exact) mass is 382 g/mol. The van der Waals surface area contributed by atoms with Crippen LogP contribution in [0.4, 0.5) is 0 Å². The largest absolute Gasteiger partial charge is 0.493 e. The van der Waals surface area contributed by atoms with Gasteiger partial charge in [-0.25, -0.2) is 4.83 Å². The van der Waals surface area contributed by atoms with Crippen molar-refractivity contribution in [2.75, 3.05) is 14.2 Å². The Morgan fingerprint density at radius 1 is 1.12 bits per heavy atom. The molecule has 2 rings (SSSR count). The Kier molecular flexibility index (Phi) is 5.92. The quantitative estimate of drug-likeness (QED) is 0.614. The maximum atomic E-state index is 12.4. The number of aryl methyl sites for hydroxylation is 2. The summed E-state index contributed by atoms with van der Waals surface area (Å²) in [6.07, 6.45) is 1.34. The zero-order chi connectivity index (χ0) is 18.6. The number of sulfonamides is 1. The number of hydrazone groups is 1. The molecule has 0 aliphatic rings. The van der Waals surface area contributed by atoms with Gasteiger partial charge in [0.15, 0.2) is 11.5 Å². The van der Waals surface area contributed by atoms with Crippen LogP contribution >= 0.6 is 11.6 Å². The Labute approximate surface area is 152 Å². The summed E-state index contributed by atoms with van der Waals surface area (Å²) in [7, 11) is -0.793. The summed E-state index contributed by atoms with van der Waals surface area (Å²) in [5.74, 6) is 0.825. The summed E-state index contributed by atoms with van der Waals surface area (Å²) in [4.78, 5) is 2.39. The predicted molar refractivity (Wildman–Crippen MR) is 98.4 cm³/mol. The third-order valence-corrected chi connectivity index (χ3v) is 5.12. The first kappa shape index (κ1) is 19.1. The summed E-state index contributed by atoms with van der Waals surface area (Å²) >= 11 is 6.11. The van der Waals surface area contributed by atoms with Gasteiger partial charge < -0.3 is 9.47 Å². The number of hydrogen-bond acceptors (Lipinski definition) is 5. The van der Waals surface area contributed by atoms with E-state index in [1.165, 1.54) is 20.4 Å². The minimum absolute atomic E-state index is 0.190. The summed E-state index contributed by atoms with van der Waals surface area (Å²) in [6, 6.07) is 8.44. The van der Waals surface area contributed by atoms with Crippen LogP contribution < -0.4 is 14.3 Å². The van der Waals surface area contributed by atoms with Gasteiger partial charge in [-0.3, -0.25) is 0 Å². The van der Waals surface area contributed by atoms with Gasteiger partial charge >= 0.3 is 0 Å². The number of hydrogen-bond donors (Lipinski definition) is 1. The zero-order valence-electron chi connectivity index (χ0n) is 14.3. The maximum Gasteiger partial charge on any atom is 0.276 e. The molecular weight excluding hydrogens is 364 g/mol. The lowest BCUT2D eigenvalue weighted by Gasteiger charge is -2.10. The molecule has 1 N–H and O–H groups in total. The second kappa shape index (κ2) is 7.76. The summed E-state index contributed by atoms with van der Waals surface area (Å²) in [5.41, 5.74) is 2.05. The van der Waals surface area contributed by atoms with Crippen molar-refractivity contribution in [3.63, 3.8) is 0 Å². The summed E-state index contributed by atoms with van der Waals surface area (Å²) in [5, 5.41) is 4.15. The van der Waals surface area contributed by atoms with Crippen molar-refractivity contribution in [3.8, 4) is 11.5 Å². The molecule has 0 atom stereocenters. The molecule has 6 nitrogen and oxygen atoms in total. The summed E-state index contributed by atoms with van der Waals surface area (Å²) < 4.78 is 35.1. The van der Waals surface area contributed by atoms with Crippen molar-refractivity contribution in [1.29, 1.82) is 0 Å². The topological polar surface area (TPSA) is 77.0 Å². The van der Waals surface area contributed by atoms with Crippen molar-refractivity contribution in [3.05, 3.63) is 52.0 Å². The van der Waals surface area contributed by atoms with Crippen LogP contribution in [0, 0.1) is 13.8 Å². The highest BCUT2D eigenvalue weighted by atomic mass is 35.5. The number of methoxy groups -OCH3 is 2. The van der Waals surface area contributed by atoms with E-state index >= 15 is 0 Å². The van der Waals surface area contributed by atoms with E-state index in [2.05, 4.69) is 9.93 Å². The molecule has 0 heterocycles. The van der Waals surface area contributed by atoms with Crippen LogP contribution in [0.2, 0.25) is 5.02 Å². The molecule has 0 saturated carbocycles. The Bertz CT molecular complexity index is 911. The Morgan fingerprint density at radius 3 is 2.48 bits per heavy atom. The van der Waals surface area contributed by atoms with E-state index in [9.17, 15) is 8.42 Å². The van der Waals surface area contributed by atoms with Gasteiger partial charge in [0.1, 0.15) is 0 Å². The first-order valence-corrected chi connectivity index (χ1v) is 9.18. The molecule has 0 saturated heterocycles. The van der Waals surface area contributed by atoms with Crippen molar-refractivity contribution >= 4 is 27.8 Å².